The molecule has 0 radical (unpaired) electrons. The van der Waals surface area contributed by atoms with E-state index in [1.807, 2.05) is 11.6 Å². The second-order valence-corrected chi connectivity index (χ2v) is 9.58. The van der Waals surface area contributed by atoms with Crippen LogP contribution in [-0.4, -0.2) is 34.4 Å². The van der Waals surface area contributed by atoms with E-state index in [0.29, 0.717) is 29.4 Å². The van der Waals surface area contributed by atoms with Gasteiger partial charge in [-0.3, -0.25) is 9.12 Å². The summed E-state index contributed by atoms with van der Waals surface area (Å²) in [7, 11) is -4.82. The minimum absolute atomic E-state index is 0.0248. The molecule has 38 heavy (non-hydrogen) atoms. The first-order valence-corrected chi connectivity index (χ1v) is 12.7. The zero-order chi connectivity index (χ0) is 27.0. The number of anilines is 2. The topological polar surface area (TPSA) is 124 Å². The van der Waals surface area contributed by atoms with E-state index in [1.165, 1.54) is 18.3 Å². The Kier molecular flexibility index (Phi) is 6.36. The number of sulfonamides is 1. The predicted octanol–water partition coefficient (Wildman–Crippen LogP) is 4.66. The average Bonchev–Trinajstić information content (AvgIpc) is 3.23. The van der Waals surface area contributed by atoms with Gasteiger partial charge in [0.25, 0.3) is 10.0 Å². The van der Waals surface area contributed by atoms with Gasteiger partial charge in [-0.15, -0.1) is 0 Å². The molecule has 3 N–H and O–H groups in total. The first kappa shape index (κ1) is 25.0. The molecule has 0 amide bonds. The molecule has 0 atom stereocenters. The highest BCUT2D eigenvalue weighted by atomic mass is 32.2. The Balaban J connectivity index is 1.68. The maximum Gasteiger partial charge on any atom is 0.267 e. The van der Waals surface area contributed by atoms with Crippen LogP contribution in [0.1, 0.15) is 6.92 Å². The number of fused-ring (bicyclic) bond motifs is 1. The summed E-state index contributed by atoms with van der Waals surface area (Å²) < 4.78 is 78.9. The van der Waals surface area contributed by atoms with Crippen LogP contribution >= 0.6 is 0 Å². The van der Waals surface area contributed by atoms with Crippen LogP contribution in [0.3, 0.4) is 0 Å². The van der Waals surface area contributed by atoms with Crippen molar-refractivity contribution in [1.29, 1.82) is 0 Å². The standard InChI is InChI=1S/C25H19F3N6O3S/c1-2-37-14-10-12-34-20(13-14)32-22(23(34)19-9-11-30-25(29)31-19)15-5-3-8-18(21(15)28)33-38(35,36)24-16(26)6-4-7-17(24)27/h3-13,33H,2H2,1H3,(H2,29,30,31). The highest BCUT2D eigenvalue weighted by Gasteiger charge is 2.27. The van der Waals surface area contributed by atoms with Gasteiger partial charge < -0.3 is 10.5 Å². The zero-order valence-electron chi connectivity index (χ0n) is 19.7. The number of imidazole rings is 1. The van der Waals surface area contributed by atoms with Crippen molar-refractivity contribution >= 4 is 27.3 Å². The fraction of sp³-hybridized carbons (Fsp3) is 0.0800. The van der Waals surface area contributed by atoms with Crippen molar-refractivity contribution in [3.05, 3.63) is 84.4 Å². The fourth-order valence-electron chi connectivity index (χ4n) is 3.95. The number of hydrogen-bond donors (Lipinski definition) is 2. The first-order valence-electron chi connectivity index (χ1n) is 11.2. The van der Waals surface area contributed by atoms with E-state index in [1.54, 1.807) is 28.8 Å². The van der Waals surface area contributed by atoms with Gasteiger partial charge in [0, 0.05) is 24.0 Å². The highest BCUT2D eigenvalue weighted by molar-refractivity contribution is 7.92. The zero-order valence-corrected chi connectivity index (χ0v) is 20.5. The third kappa shape index (κ3) is 4.47. The first-order chi connectivity index (χ1) is 18.2. The molecule has 0 fully saturated rings. The van der Waals surface area contributed by atoms with Crippen molar-refractivity contribution in [2.75, 3.05) is 17.1 Å². The molecule has 0 aliphatic rings. The molecular formula is C25H19F3N6O3S. The summed E-state index contributed by atoms with van der Waals surface area (Å²) in [5.41, 5.74) is 6.30. The summed E-state index contributed by atoms with van der Waals surface area (Å²) in [5.74, 6) is -3.15. The third-order valence-corrected chi connectivity index (χ3v) is 6.93. The molecule has 3 heterocycles. The number of nitrogen functional groups attached to an aromatic ring is 1. The van der Waals surface area contributed by atoms with Gasteiger partial charge in [0.15, 0.2) is 10.7 Å². The van der Waals surface area contributed by atoms with Crippen LogP contribution in [0.2, 0.25) is 0 Å². The summed E-state index contributed by atoms with van der Waals surface area (Å²) >= 11 is 0. The fourth-order valence-corrected chi connectivity index (χ4v) is 5.15. The molecule has 0 aliphatic carbocycles. The molecule has 0 unspecified atom stereocenters. The molecule has 194 valence electrons. The average molecular weight is 541 g/mol. The van der Waals surface area contributed by atoms with Crippen molar-refractivity contribution in [1.82, 2.24) is 19.4 Å². The summed E-state index contributed by atoms with van der Waals surface area (Å²) in [6.45, 7) is 2.24. The number of aromatic nitrogens is 4. The molecule has 0 saturated heterocycles. The molecular weight excluding hydrogens is 521 g/mol. The van der Waals surface area contributed by atoms with Gasteiger partial charge >= 0.3 is 0 Å². The van der Waals surface area contributed by atoms with Crippen molar-refractivity contribution < 1.29 is 26.3 Å². The second kappa shape index (κ2) is 9.67. The molecule has 0 aliphatic heterocycles. The number of hydrogen-bond acceptors (Lipinski definition) is 7. The van der Waals surface area contributed by atoms with E-state index >= 15 is 4.39 Å². The molecule has 13 heteroatoms. The number of pyridine rings is 1. The molecule has 3 aromatic heterocycles. The van der Waals surface area contributed by atoms with Gasteiger partial charge in [-0.05, 0) is 43.3 Å². The molecule has 9 nitrogen and oxygen atoms in total. The van der Waals surface area contributed by atoms with Crippen LogP contribution in [0.5, 0.6) is 5.75 Å². The van der Waals surface area contributed by atoms with Crippen molar-refractivity contribution in [2.24, 2.45) is 0 Å². The van der Waals surface area contributed by atoms with E-state index < -0.39 is 38.1 Å². The Morgan fingerprint density at radius 3 is 2.47 bits per heavy atom. The number of ether oxygens (including phenoxy) is 1. The van der Waals surface area contributed by atoms with E-state index in [2.05, 4.69) is 15.0 Å². The van der Waals surface area contributed by atoms with Crippen molar-refractivity contribution in [3.8, 4) is 28.4 Å². The molecule has 0 bridgehead atoms. The van der Waals surface area contributed by atoms with Crippen LogP contribution in [-0.2, 0) is 10.0 Å². The lowest BCUT2D eigenvalue weighted by Crippen LogP contribution is -2.17. The summed E-state index contributed by atoms with van der Waals surface area (Å²) in [5, 5.41) is 0. The Morgan fingerprint density at radius 1 is 1.03 bits per heavy atom. The number of nitrogens with two attached hydrogens (primary N) is 1. The van der Waals surface area contributed by atoms with Gasteiger partial charge in [-0.25, -0.2) is 36.5 Å². The lowest BCUT2D eigenvalue weighted by atomic mass is 10.1. The minimum Gasteiger partial charge on any atom is -0.494 e. The van der Waals surface area contributed by atoms with Crippen LogP contribution in [0.15, 0.2) is 71.9 Å². The molecule has 5 aromatic rings. The SMILES string of the molecule is CCOc1ccn2c(-c3ccnc(N)n3)c(-c3cccc(NS(=O)(=O)c4c(F)cccc4F)c3F)nc2c1. The van der Waals surface area contributed by atoms with E-state index in [-0.39, 0.29) is 17.2 Å². The van der Waals surface area contributed by atoms with Gasteiger partial charge in [-0.1, -0.05) is 12.1 Å². The normalized spacial score (nSPS) is 11.6. The van der Waals surface area contributed by atoms with Crippen molar-refractivity contribution in [2.45, 2.75) is 11.8 Å². The van der Waals surface area contributed by atoms with Crippen LogP contribution in [0, 0.1) is 17.5 Å². The molecule has 0 spiro atoms. The van der Waals surface area contributed by atoms with Crippen LogP contribution < -0.4 is 15.2 Å². The Bertz CT molecular complexity index is 1770. The quantitative estimate of drug-likeness (QED) is 0.308. The number of nitrogens with one attached hydrogen (secondary N) is 1. The number of rotatable bonds is 7. The Morgan fingerprint density at radius 2 is 1.76 bits per heavy atom. The number of benzene rings is 2. The second-order valence-electron chi connectivity index (χ2n) is 7.96. The van der Waals surface area contributed by atoms with Crippen LogP contribution in [0.4, 0.5) is 24.8 Å². The Hall–Kier alpha value is -4.65. The summed E-state index contributed by atoms with van der Waals surface area (Å²) in [6, 6.07) is 11.4. The van der Waals surface area contributed by atoms with Crippen LogP contribution in [0.25, 0.3) is 28.3 Å². The van der Waals surface area contributed by atoms with Gasteiger partial charge in [0.05, 0.1) is 23.7 Å². The summed E-state index contributed by atoms with van der Waals surface area (Å²) in [4.78, 5) is 11.5. The maximum atomic E-state index is 15.9. The van der Waals surface area contributed by atoms with Gasteiger partial charge in [0.1, 0.15) is 28.7 Å². The largest absolute Gasteiger partial charge is 0.494 e. The summed E-state index contributed by atoms with van der Waals surface area (Å²) in [6.07, 6.45) is 3.09. The minimum atomic E-state index is -4.82. The highest BCUT2D eigenvalue weighted by Crippen LogP contribution is 2.36. The van der Waals surface area contributed by atoms with Gasteiger partial charge in [-0.2, -0.15) is 0 Å². The smallest absolute Gasteiger partial charge is 0.267 e. The monoisotopic (exact) mass is 540 g/mol. The van der Waals surface area contributed by atoms with E-state index in [0.717, 1.165) is 24.3 Å². The van der Waals surface area contributed by atoms with E-state index in [9.17, 15) is 17.2 Å². The molecule has 2 aromatic carbocycles. The number of nitrogens with zero attached hydrogens (tertiary/aromatic N) is 4. The maximum absolute atomic E-state index is 15.9. The Labute approximate surface area is 214 Å². The number of halogens is 3. The predicted molar refractivity (Wildman–Crippen MR) is 134 cm³/mol. The van der Waals surface area contributed by atoms with Gasteiger partial charge in [0.2, 0.25) is 5.95 Å². The third-order valence-electron chi connectivity index (χ3n) is 5.51. The molecule has 0 saturated carbocycles. The van der Waals surface area contributed by atoms with E-state index in [4.69, 9.17) is 10.5 Å². The lowest BCUT2D eigenvalue weighted by Gasteiger charge is -2.12. The lowest BCUT2D eigenvalue weighted by molar-refractivity contribution is 0.340. The molecule has 5 rings (SSSR count). The van der Waals surface area contributed by atoms with Crippen molar-refractivity contribution in [3.63, 3.8) is 0 Å².